The number of alkyl halides is 2. The highest BCUT2D eigenvalue weighted by Crippen LogP contribution is 2.29. The van der Waals surface area contributed by atoms with Gasteiger partial charge < -0.3 is 14.8 Å². The van der Waals surface area contributed by atoms with Gasteiger partial charge in [-0.25, -0.2) is 0 Å². The van der Waals surface area contributed by atoms with Gasteiger partial charge in [-0.2, -0.15) is 14.0 Å². The zero-order valence-corrected chi connectivity index (χ0v) is 11.9. The number of amides is 1. The van der Waals surface area contributed by atoms with Crippen LogP contribution in [0.5, 0.6) is 11.5 Å². The number of hydrogen-bond donors (Lipinski definition) is 1. The molecule has 0 aliphatic carbocycles. The van der Waals surface area contributed by atoms with Crippen molar-refractivity contribution in [3.05, 3.63) is 23.8 Å². The Morgan fingerprint density at radius 3 is 2.62 bits per heavy atom. The first kappa shape index (κ1) is 16.7. The van der Waals surface area contributed by atoms with Crippen molar-refractivity contribution in [1.82, 2.24) is 5.32 Å². The molecule has 5 nitrogen and oxygen atoms in total. The summed E-state index contributed by atoms with van der Waals surface area (Å²) in [6.45, 7) is 0.297. The third-order valence-corrected chi connectivity index (χ3v) is 2.99. The summed E-state index contributed by atoms with van der Waals surface area (Å²) in [7, 11) is 1.30. The van der Waals surface area contributed by atoms with Crippen LogP contribution in [0.1, 0.15) is 30.6 Å². The number of nitrogens with zero attached hydrogens (tertiary/aromatic N) is 1. The van der Waals surface area contributed by atoms with Crippen LogP contribution in [-0.2, 0) is 0 Å². The molecule has 1 aromatic rings. The number of rotatable bonds is 6. The molecule has 7 heteroatoms. The summed E-state index contributed by atoms with van der Waals surface area (Å²) in [4.78, 5) is 12.1. The van der Waals surface area contributed by atoms with Crippen LogP contribution >= 0.6 is 0 Å². The highest BCUT2D eigenvalue weighted by molar-refractivity contribution is 5.95. The van der Waals surface area contributed by atoms with Crippen molar-refractivity contribution in [3.8, 4) is 17.6 Å². The molecule has 0 radical (unpaired) electrons. The van der Waals surface area contributed by atoms with Gasteiger partial charge in [0.15, 0.2) is 11.5 Å². The molecule has 1 rings (SSSR count). The minimum absolute atomic E-state index is 0.0883. The molecule has 0 spiro atoms. The fourth-order valence-corrected chi connectivity index (χ4v) is 1.52. The lowest BCUT2D eigenvalue weighted by Crippen LogP contribution is -2.44. The lowest BCUT2D eigenvalue weighted by atomic mass is 10.0. The van der Waals surface area contributed by atoms with Gasteiger partial charge in [-0.15, -0.1) is 0 Å². The molecule has 0 bridgehead atoms. The van der Waals surface area contributed by atoms with E-state index in [1.807, 2.05) is 6.07 Å². The lowest BCUT2D eigenvalue weighted by Gasteiger charge is -2.21. The molecule has 0 aliphatic rings. The second kappa shape index (κ2) is 6.88. The number of nitriles is 1. The van der Waals surface area contributed by atoms with E-state index in [2.05, 4.69) is 10.1 Å². The Balaban J connectivity index is 3.03. The summed E-state index contributed by atoms with van der Waals surface area (Å²) in [6, 6.07) is 5.89. The Kier molecular flexibility index (Phi) is 5.47. The number of halogens is 2. The topological polar surface area (TPSA) is 71.4 Å². The number of hydrogen-bond acceptors (Lipinski definition) is 4. The van der Waals surface area contributed by atoms with Gasteiger partial charge in [0, 0.05) is 5.56 Å². The highest BCUT2D eigenvalue weighted by atomic mass is 19.3. The Labute approximate surface area is 121 Å². The van der Waals surface area contributed by atoms with Crippen LogP contribution in [0.4, 0.5) is 8.78 Å². The minimum atomic E-state index is -3.03. The minimum Gasteiger partial charge on any atom is -0.493 e. The van der Waals surface area contributed by atoms with E-state index < -0.39 is 18.1 Å². The van der Waals surface area contributed by atoms with E-state index in [1.54, 1.807) is 13.8 Å². The van der Waals surface area contributed by atoms with Gasteiger partial charge in [0.25, 0.3) is 5.91 Å². The first-order valence-corrected chi connectivity index (χ1v) is 6.22. The van der Waals surface area contributed by atoms with Gasteiger partial charge in [0.1, 0.15) is 5.54 Å². The smallest absolute Gasteiger partial charge is 0.387 e. The maximum atomic E-state index is 12.3. The molecule has 0 aromatic heterocycles. The van der Waals surface area contributed by atoms with Gasteiger partial charge in [0.2, 0.25) is 0 Å². The van der Waals surface area contributed by atoms with Gasteiger partial charge in [-0.1, -0.05) is 6.92 Å². The first-order valence-electron chi connectivity index (χ1n) is 6.22. The molecule has 1 aromatic carbocycles. The molecular weight excluding hydrogens is 282 g/mol. The quantitative estimate of drug-likeness (QED) is 0.876. The van der Waals surface area contributed by atoms with Crippen LogP contribution < -0.4 is 14.8 Å². The number of benzene rings is 1. The van der Waals surface area contributed by atoms with Gasteiger partial charge in [0.05, 0.1) is 13.2 Å². The molecule has 21 heavy (non-hydrogen) atoms. The number of methoxy groups -OCH3 is 1. The molecule has 0 heterocycles. The molecule has 0 saturated carbocycles. The highest BCUT2D eigenvalue weighted by Gasteiger charge is 2.25. The predicted octanol–water partition coefficient (Wildman–Crippen LogP) is 2.72. The second-order valence-corrected chi connectivity index (χ2v) is 4.50. The standard InChI is InChI=1S/C14H16F2N2O3/c1-4-14(2,8-17)18-12(19)9-5-6-10(20-3)11(7-9)21-13(15)16/h5-7,13H,4H2,1-3H3,(H,18,19). The first-order chi connectivity index (χ1) is 9.85. The average molecular weight is 298 g/mol. The Hall–Kier alpha value is -2.36. The van der Waals surface area contributed by atoms with Crippen molar-refractivity contribution in [2.24, 2.45) is 0 Å². The van der Waals surface area contributed by atoms with Gasteiger partial charge in [-0.3, -0.25) is 4.79 Å². The number of carbonyl (C=O) groups excluding carboxylic acids is 1. The Bertz CT molecular complexity index is 558. The van der Waals surface area contributed by atoms with Crippen LogP contribution in [-0.4, -0.2) is 25.2 Å². The zero-order valence-electron chi connectivity index (χ0n) is 11.9. The van der Waals surface area contributed by atoms with E-state index in [1.165, 1.54) is 19.2 Å². The molecule has 0 saturated heterocycles. The van der Waals surface area contributed by atoms with E-state index in [9.17, 15) is 13.6 Å². The zero-order chi connectivity index (χ0) is 16.0. The van der Waals surface area contributed by atoms with Crippen molar-refractivity contribution < 1.29 is 23.0 Å². The molecule has 1 unspecified atom stereocenters. The van der Waals surface area contributed by atoms with E-state index in [0.717, 1.165) is 6.07 Å². The van der Waals surface area contributed by atoms with Gasteiger partial charge in [-0.05, 0) is 31.5 Å². The summed E-state index contributed by atoms with van der Waals surface area (Å²) in [6.07, 6.45) is 0.409. The van der Waals surface area contributed by atoms with E-state index in [-0.39, 0.29) is 17.1 Å². The van der Waals surface area contributed by atoms with Gasteiger partial charge >= 0.3 is 6.61 Å². The number of ether oxygens (including phenoxy) is 2. The number of nitrogens with one attached hydrogen (secondary N) is 1. The van der Waals surface area contributed by atoms with Crippen molar-refractivity contribution >= 4 is 5.91 Å². The van der Waals surface area contributed by atoms with Crippen LogP contribution in [0.2, 0.25) is 0 Å². The van der Waals surface area contributed by atoms with Crippen molar-refractivity contribution in [2.75, 3.05) is 7.11 Å². The molecule has 0 fully saturated rings. The monoisotopic (exact) mass is 298 g/mol. The van der Waals surface area contributed by atoms with Crippen LogP contribution in [0.3, 0.4) is 0 Å². The Morgan fingerprint density at radius 1 is 1.48 bits per heavy atom. The molecule has 0 aliphatic heterocycles. The van der Waals surface area contributed by atoms with E-state index in [4.69, 9.17) is 10.00 Å². The molecule has 1 N–H and O–H groups in total. The summed E-state index contributed by atoms with van der Waals surface area (Å²) >= 11 is 0. The third kappa shape index (κ3) is 4.31. The van der Waals surface area contributed by atoms with Crippen molar-refractivity contribution in [2.45, 2.75) is 32.4 Å². The normalized spacial score (nSPS) is 13.2. The molecular formula is C14H16F2N2O3. The maximum absolute atomic E-state index is 12.3. The summed E-state index contributed by atoms with van der Waals surface area (Å²) < 4.78 is 33.8. The summed E-state index contributed by atoms with van der Waals surface area (Å²) in [5.41, 5.74) is -0.929. The summed E-state index contributed by atoms with van der Waals surface area (Å²) in [5, 5.41) is 11.6. The predicted molar refractivity (Wildman–Crippen MR) is 71.4 cm³/mol. The summed E-state index contributed by atoms with van der Waals surface area (Å²) in [5.74, 6) is -0.705. The fourth-order valence-electron chi connectivity index (χ4n) is 1.52. The number of carbonyl (C=O) groups is 1. The largest absolute Gasteiger partial charge is 0.493 e. The molecule has 114 valence electrons. The van der Waals surface area contributed by atoms with Crippen LogP contribution in [0.25, 0.3) is 0 Å². The lowest BCUT2D eigenvalue weighted by molar-refractivity contribution is -0.0512. The van der Waals surface area contributed by atoms with Crippen molar-refractivity contribution in [1.29, 1.82) is 5.26 Å². The molecule has 1 atom stereocenters. The molecule has 1 amide bonds. The van der Waals surface area contributed by atoms with Crippen molar-refractivity contribution in [3.63, 3.8) is 0 Å². The van der Waals surface area contributed by atoms with Crippen LogP contribution in [0, 0.1) is 11.3 Å². The van der Waals surface area contributed by atoms with E-state index in [0.29, 0.717) is 6.42 Å². The Morgan fingerprint density at radius 2 is 2.14 bits per heavy atom. The third-order valence-electron chi connectivity index (χ3n) is 2.99. The fraction of sp³-hybridized carbons (Fsp3) is 0.429. The average Bonchev–Trinajstić information content (AvgIpc) is 2.46. The van der Waals surface area contributed by atoms with E-state index >= 15 is 0 Å². The van der Waals surface area contributed by atoms with Crippen LogP contribution in [0.15, 0.2) is 18.2 Å². The second-order valence-electron chi connectivity index (χ2n) is 4.50. The maximum Gasteiger partial charge on any atom is 0.387 e. The SMILES string of the molecule is CCC(C)(C#N)NC(=O)c1ccc(OC)c(OC(F)F)c1.